The second kappa shape index (κ2) is 9.38. The van der Waals surface area contributed by atoms with Gasteiger partial charge < -0.3 is 10.1 Å². The van der Waals surface area contributed by atoms with Crippen LogP contribution in [0.3, 0.4) is 0 Å². The number of hydrogen-bond donors (Lipinski definition) is 1. The average Bonchev–Trinajstić information content (AvgIpc) is 2.44. The van der Waals surface area contributed by atoms with Crippen LogP contribution in [0.4, 0.5) is 0 Å². The molecule has 0 amide bonds. The third-order valence-corrected chi connectivity index (χ3v) is 4.18. The van der Waals surface area contributed by atoms with Gasteiger partial charge >= 0.3 is 0 Å². The number of methoxy groups -OCH3 is 1. The van der Waals surface area contributed by atoms with Crippen LogP contribution < -0.4 is 5.32 Å². The van der Waals surface area contributed by atoms with E-state index in [4.69, 9.17) is 16.3 Å². The predicted octanol–water partition coefficient (Wildman–Crippen LogP) is 4.41. The lowest BCUT2D eigenvalue weighted by molar-refractivity contribution is 0.195. The standard InChI is InChI=1S/C17H28ClNO/c1-4-10-17(11-5-2,14-19-12-13-20-3)15-8-6-7-9-16(15)18/h6-9,19H,4-5,10-14H2,1-3H3. The van der Waals surface area contributed by atoms with Crippen LogP contribution in [-0.2, 0) is 10.2 Å². The number of nitrogens with one attached hydrogen (secondary N) is 1. The molecular formula is C17H28ClNO. The maximum atomic E-state index is 6.47. The van der Waals surface area contributed by atoms with Gasteiger partial charge in [-0.3, -0.25) is 0 Å². The van der Waals surface area contributed by atoms with E-state index in [1.807, 2.05) is 12.1 Å². The molecule has 3 heteroatoms. The number of benzene rings is 1. The Morgan fingerprint density at radius 3 is 2.35 bits per heavy atom. The van der Waals surface area contributed by atoms with Crippen LogP contribution >= 0.6 is 11.6 Å². The zero-order valence-corrected chi connectivity index (χ0v) is 13.8. The Bertz CT molecular complexity index is 375. The van der Waals surface area contributed by atoms with E-state index in [1.165, 1.54) is 5.56 Å². The second-order valence-electron chi connectivity index (χ2n) is 5.43. The summed E-state index contributed by atoms with van der Waals surface area (Å²) >= 11 is 6.47. The highest BCUT2D eigenvalue weighted by Crippen LogP contribution is 2.37. The number of ether oxygens (including phenoxy) is 1. The van der Waals surface area contributed by atoms with E-state index in [2.05, 4.69) is 31.3 Å². The third kappa shape index (κ3) is 4.76. The summed E-state index contributed by atoms with van der Waals surface area (Å²) in [5, 5.41) is 4.43. The van der Waals surface area contributed by atoms with Gasteiger partial charge in [0.1, 0.15) is 0 Å². The molecule has 0 unspecified atom stereocenters. The molecule has 0 spiro atoms. The van der Waals surface area contributed by atoms with E-state index in [1.54, 1.807) is 7.11 Å². The molecule has 0 aliphatic carbocycles. The molecule has 0 aliphatic heterocycles. The highest BCUT2D eigenvalue weighted by molar-refractivity contribution is 6.31. The fourth-order valence-corrected chi connectivity index (χ4v) is 3.35. The minimum absolute atomic E-state index is 0.135. The van der Waals surface area contributed by atoms with Crippen LogP contribution in [0.25, 0.3) is 0 Å². The summed E-state index contributed by atoms with van der Waals surface area (Å²) in [4.78, 5) is 0. The lowest BCUT2D eigenvalue weighted by atomic mass is 9.73. The average molecular weight is 298 g/mol. The van der Waals surface area contributed by atoms with Gasteiger partial charge in [0.05, 0.1) is 6.61 Å². The minimum atomic E-state index is 0.135. The van der Waals surface area contributed by atoms with Gasteiger partial charge in [-0.2, -0.15) is 0 Å². The van der Waals surface area contributed by atoms with Crippen molar-refractivity contribution in [2.75, 3.05) is 26.8 Å². The van der Waals surface area contributed by atoms with Gasteiger partial charge in [0.2, 0.25) is 0 Å². The lowest BCUT2D eigenvalue weighted by Gasteiger charge is -2.35. The van der Waals surface area contributed by atoms with E-state index in [9.17, 15) is 0 Å². The number of rotatable bonds is 10. The molecule has 2 nitrogen and oxygen atoms in total. The van der Waals surface area contributed by atoms with E-state index in [0.717, 1.165) is 50.4 Å². The van der Waals surface area contributed by atoms with Crippen LogP contribution in [0, 0.1) is 0 Å². The summed E-state index contributed by atoms with van der Waals surface area (Å²) < 4.78 is 5.12. The van der Waals surface area contributed by atoms with E-state index < -0.39 is 0 Å². The Balaban J connectivity index is 2.94. The van der Waals surface area contributed by atoms with Crippen LogP contribution in [0.1, 0.15) is 45.1 Å². The van der Waals surface area contributed by atoms with Crippen molar-refractivity contribution in [3.8, 4) is 0 Å². The van der Waals surface area contributed by atoms with Crippen molar-refractivity contribution in [2.45, 2.75) is 44.9 Å². The molecule has 0 radical (unpaired) electrons. The first kappa shape index (κ1) is 17.5. The molecule has 0 fully saturated rings. The fraction of sp³-hybridized carbons (Fsp3) is 0.647. The number of halogens is 1. The van der Waals surface area contributed by atoms with Gasteiger partial charge in [0, 0.05) is 30.6 Å². The van der Waals surface area contributed by atoms with Crippen molar-refractivity contribution in [2.24, 2.45) is 0 Å². The Labute approximate surface area is 128 Å². The molecule has 114 valence electrons. The van der Waals surface area contributed by atoms with Gasteiger partial charge in [-0.25, -0.2) is 0 Å². The molecule has 1 aromatic carbocycles. The summed E-state index contributed by atoms with van der Waals surface area (Å²) in [7, 11) is 1.74. The molecule has 1 N–H and O–H groups in total. The lowest BCUT2D eigenvalue weighted by Crippen LogP contribution is -2.39. The summed E-state index contributed by atoms with van der Waals surface area (Å²) in [5.41, 5.74) is 1.42. The van der Waals surface area contributed by atoms with Crippen LogP contribution in [-0.4, -0.2) is 26.8 Å². The van der Waals surface area contributed by atoms with Crippen molar-refractivity contribution < 1.29 is 4.74 Å². The topological polar surface area (TPSA) is 21.3 Å². The van der Waals surface area contributed by atoms with Crippen molar-refractivity contribution >= 4 is 11.6 Å². The molecule has 0 saturated carbocycles. The van der Waals surface area contributed by atoms with E-state index >= 15 is 0 Å². The Hall–Kier alpha value is -0.570. The Morgan fingerprint density at radius 1 is 1.15 bits per heavy atom. The third-order valence-electron chi connectivity index (χ3n) is 3.85. The number of hydrogen-bond acceptors (Lipinski definition) is 2. The summed E-state index contributed by atoms with van der Waals surface area (Å²) in [6, 6.07) is 8.29. The quantitative estimate of drug-likeness (QED) is 0.646. The second-order valence-corrected chi connectivity index (χ2v) is 5.84. The molecule has 20 heavy (non-hydrogen) atoms. The maximum absolute atomic E-state index is 6.47. The highest BCUT2D eigenvalue weighted by Gasteiger charge is 2.31. The van der Waals surface area contributed by atoms with Crippen molar-refractivity contribution in [1.82, 2.24) is 5.32 Å². The van der Waals surface area contributed by atoms with Crippen LogP contribution in [0.5, 0.6) is 0 Å². The smallest absolute Gasteiger partial charge is 0.0587 e. The van der Waals surface area contributed by atoms with Gasteiger partial charge in [0.15, 0.2) is 0 Å². The fourth-order valence-electron chi connectivity index (χ4n) is 3.02. The van der Waals surface area contributed by atoms with Crippen molar-refractivity contribution in [3.63, 3.8) is 0 Å². The largest absolute Gasteiger partial charge is 0.383 e. The van der Waals surface area contributed by atoms with E-state index in [0.29, 0.717) is 0 Å². The molecule has 0 heterocycles. The molecule has 0 bridgehead atoms. The van der Waals surface area contributed by atoms with Gasteiger partial charge in [-0.1, -0.05) is 56.5 Å². The summed E-state index contributed by atoms with van der Waals surface area (Å²) in [6.45, 7) is 7.08. The van der Waals surface area contributed by atoms with Gasteiger partial charge in [-0.05, 0) is 24.5 Å². The zero-order chi connectivity index (χ0) is 14.8. The summed E-state index contributed by atoms with van der Waals surface area (Å²) in [6.07, 6.45) is 4.64. The van der Waals surface area contributed by atoms with Crippen LogP contribution in [0.15, 0.2) is 24.3 Å². The first-order valence-electron chi connectivity index (χ1n) is 7.65. The Kier molecular flexibility index (Phi) is 8.20. The molecule has 1 rings (SSSR count). The molecule has 0 saturated heterocycles. The van der Waals surface area contributed by atoms with Gasteiger partial charge in [0.25, 0.3) is 0 Å². The molecule has 0 aliphatic rings. The van der Waals surface area contributed by atoms with E-state index in [-0.39, 0.29) is 5.41 Å². The molecular weight excluding hydrogens is 270 g/mol. The maximum Gasteiger partial charge on any atom is 0.0587 e. The van der Waals surface area contributed by atoms with Gasteiger partial charge in [-0.15, -0.1) is 0 Å². The monoisotopic (exact) mass is 297 g/mol. The molecule has 0 aromatic heterocycles. The Morgan fingerprint density at radius 2 is 1.80 bits per heavy atom. The first-order valence-corrected chi connectivity index (χ1v) is 8.02. The zero-order valence-electron chi connectivity index (χ0n) is 13.0. The SMILES string of the molecule is CCCC(CCC)(CNCCOC)c1ccccc1Cl. The molecule has 0 atom stereocenters. The normalized spacial score (nSPS) is 11.8. The first-order chi connectivity index (χ1) is 9.70. The highest BCUT2D eigenvalue weighted by atomic mass is 35.5. The van der Waals surface area contributed by atoms with Crippen LogP contribution in [0.2, 0.25) is 5.02 Å². The van der Waals surface area contributed by atoms with Crippen molar-refractivity contribution in [3.05, 3.63) is 34.9 Å². The summed E-state index contributed by atoms with van der Waals surface area (Å²) in [5.74, 6) is 0. The molecule has 1 aromatic rings. The van der Waals surface area contributed by atoms with Crippen molar-refractivity contribution in [1.29, 1.82) is 0 Å². The predicted molar refractivity (Wildman–Crippen MR) is 87.7 cm³/mol. The minimum Gasteiger partial charge on any atom is -0.383 e.